The van der Waals surface area contributed by atoms with E-state index in [0.29, 0.717) is 19.4 Å². The third kappa shape index (κ3) is 5.07. The molecule has 1 amide bonds. The Labute approximate surface area is 135 Å². The first-order valence-electron chi connectivity index (χ1n) is 7.72. The number of rotatable bonds is 8. The number of carbonyl (C=O) groups excluding carboxylic acids is 1. The summed E-state index contributed by atoms with van der Waals surface area (Å²) in [5.41, 5.74) is 0.981. The quantitative estimate of drug-likeness (QED) is 0.785. The van der Waals surface area contributed by atoms with Crippen LogP contribution in [-0.2, 0) is 11.2 Å². The summed E-state index contributed by atoms with van der Waals surface area (Å²) >= 11 is 1.70. The van der Waals surface area contributed by atoms with Crippen LogP contribution in [0.3, 0.4) is 0 Å². The van der Waals surface area contributed by atoms with Crippen molar-refractivity contribution in [3.63, 3.8) is 0 Å². The van der Waals surface area contributed by atoms with Gasteiger partial charge in [0.2, 0.25) is 5.91 Å². The number of aliphatic hydroxyl groups excluding tert-OH is 1. The molecule has 0 fully saturated rings. The fraction of sp³-hybridized carbons (Fsp3) is 0.529. The summed E-state index contributed by atoms with van der Waals surface area (Å²) in [5, 5.41) is 13.0. The van der Waals surface area contributed by atoms with E-state index in [4.69, 9.17) is 5.11 Å². The lowest BCUT2D eigenvalue weighted by Crippen LogP contribution is -2.34. The Morgan fingerprint density at radius 2 is 2.14 bits per heavy atom. The number of amides is 1. The molecule has 0 aliphatic rings. The number of nitrogens with one attached hydrogen (secondary N) is 1. The normalized spacial score (nSPS) is 11.8. The Bertz CT molecular complexity index is 589. The van der Waals surface area contributed by atoms with Gasteiger partial charge in [0.1, 0.15) is 0 Å². The number of para-hydroxylation sites is 1. The molecule has 0 radical (unpaired) electrons. The smallest absolute Gasteiger partial charge is 0.220 e. The molecule has 1 aromatic carbocycles. The molecule has 1 heterocycles. The number of aryl methyl sites for hydroxylation is 1. The van der Waals surface area contributed by atoms with Crippen molar-refractivity contribution in [2.75, 3.05) is 13.2 Å². The molecule has 0 spiro atoms. The van der Waals surface area contributed by atoms with Crippen molar-refractivity contribution in [2.24, 2.45) is 5.41 Å². The van der Waals surface area contributed by atoms with Crippen molar-refractivity contribution < 1.29 is 9.90 Å². The van der Waals surface area contributed by atoms with Gasteiger partial charge in [-0.25, -0.2) is 4.98 Å². The Hall–Kier alpha value is -1.46. The van der Waals surface area contributed by atoms with Crippen molar-refractivity contribution in [1.82, 2.24) is 10.3 Å². The average Bonchev–Trinajstić information content (AvgIpc) is 2.88. The number of thiazole rings is 1. The zero-order valence-corrected chi connectivity index (χ0v) is 14.1. The van der Waals surface area contributed by atoms with Gasteiger partial charge in [-0.05, 0) is 36.8 Å². The van der Waals surface area contributed by atoms with E-state index in [2.05, 4.69) is 16.4 Å². The number of fused-ring (bicyclic) bond motifs is 1. The molecule has 0 atom stereocenters. The van der Waals surface area contributed by atoms with Gasteiger partial charge >= 0.3 is 0 Å². The van der Waals surface area contributed by atoms with Gasteiger partial charge in [-0.3, -0.25) is 4.79 Å². The first kappa shape index (κ1) is 16.9. The average molecular weight is 320 g/mol. The van der Waals surface area contributed by atoms with E-state index in [1.165, 1.54) is 4.70 Å². The van der Waals surface area contributed by atoms with Crippen molar-refractivity contribution in [3.05, 3.63) is 29.3 Å². The minimum absolute atomic E-state index is 0.0581. The van der Waals surface area contributed by atoms with E-state index in [-0.39, 0.29) is 17.9 Å². The third-order valence-corrected chi connectivity index (χ3v) is 4.78. The minimum atomic E-state index is -0.0581. The van der Waals surface area contributed by atoms with E-state index in [1.807, 2.05) is 32.0 Å². The molecule has 120 valence electrons. The van der Waals surface area contributed by atoms with Crippen molar-refractivity contribution >= 4 is 27.5 Å². The largest absolute Gasteiger partial charge is 0.396 e. The highest BCUT2D eigenvalue weighted by Gasteiger charge is 2.17. The summed E-state index contributed by atoms with van der Waals surface area (Å²) < 4.78 is 1.20. The molecule has 0 unspecified atom stereocenters. The van der Waals surface area contributed by atoms with Gasteiger partial charge in [-0.15, -0.1) is 11.3 Å². The number of aliphatic hydroxyl groups is 1. The van der Waals surface area contributed by atoms with Gasteiger partial charge in [-0.2, -0.15) is 0 Å². The molecule has 1 aromatic heterocycles. The zero-order valence-electron chi connectivity index (χ0n) is 13.3. The number of hydrogen-bond donors (Lipinski definition) is 2. The van der Waals surface area contributed by atoms with Gasteiger partial charge in [0.05, 0.1) is 15.2 Å². The molecular formula is C17H24N2O2S. The summed E-state index contributed by atoms with van der Waals surface area (Å²) in [5.74, 6) is 0.0760. The van der Waals surface area contributed by atoms with Crippen LogP contribution in [0, 0.1) is 5.41 Å². The fourth-order valence-corrected chi connectivity index (χ4v) is 3.25. The molecule has 0 bridgehead atoms. The molecule has 5 heteroatoms. The molecule has 2 aromatic rings. The second-order valence-corrected chi connectivity index (χ2v) is 7.46. The van der Waals surface area contributed by atoms with E-state index in [1.54, 1.807) is 11.3 Å². The minimum Gasteiger partial charge on any atom is -0.396 e. The maximum atomic E-state index is 11.9. The van der Waals surface area contributed by atoms with Crippen LogP contribution < -0.4 is 5.32 Å². The number of benzene rings is 1. The Balaban J connectivity index is 1.72. The molecular weight excluding hydrogens is 296 g/mol. The first-order valence-corrected chi connectivity index (χ1v) is 8.54. The lowest BCUT2D eigenvalue weighted by Gasteiger charge is -2.23. The van der Waals surface area contributed by atoms with Crippen LogP contribution in [0.5, 0.6) is 0 Å². The molecule has 0 saturated carbocycles. The molecule has 0 aliphatic heterocycles. The van der Waals surface area contributed by atoms with E-state index < -0.39 is 0 Å². The van der Waals surface area contributed by atoms with E-state index in [0.717, 1.165) is 23.4 Å². The topological polar surface area (TPSA) is 62.2 Å². The molecule has 0 aliphatic carbocycles. The molecule has 4 nitrogen and oxygen atoms in total. The summed E-state index contributed by atoms with van der Waals surface area (Å²) in [4.78, 5) is 16.4. The van der Waals surface area contributed by atoms with Gasteiger partial charge in [0, 0.05) is 19.6 Å². The van der Waals surface area contributed by atoms with Gasteiger partial charge in [0.15, 0.2) is 0 Å². The van der Waals surface area contributed by atoms with Gasteiger partial charge in [-0.1, -0.05) is 26.0 Å². The zero-order chi connectivity index (χ0) is 16.0. The van der Waals surface area contributed by atoms with Crippen LogP contribution in [-0.4, -0.2) is 29.1 Å². The molecule has 2 rings (SSSR count). The number of aromatic nitrogens is 1. The summed E-state index contributed by atoms with van der Waals surface area (Å²) in [6, 6.07) is 8.11. The number of hydrogen-bond acceptors (Lipinski definition) is 4. The Kier molecular flexibility index (Phi) is 5.91. The maximum absolute atomic E-state index is 11.9. The molecule has 22 heavy (non-hydrogen) atoms. The summed E-state index contributed by atoms with van der Waals surface area (Å²) in [6.45, 7) is 4.85. The predicted molar refractivity (Wildman–Crippen MR) is 91.1 cm³/mol. The Morgan fingerprint density at radius 1 is 1.36 bits per heavy atom. The van der Waals surface area contributed by atoms with Crippen LogP contribution in [0.25, 0.3) is 10.2 Å². The molecule has 2 N–H and O–H groups in total. The SMILES string of the molecule is CC(C)(CCO)CNC(=O)CCCc1nc2ccccc2s1. The highest BCUT2D eigenvalue weighted by Crippen LogP contribution is 2.22. The van der Waals surface area contributed by atoms with E-state index in [9.17, 15) is 4.79 Å². The van der Waals surface area contributed by atoms with Crippen LogP contribution in [0.2, 0.25) is 0 Å². The lowest BCUT2D eigenvalue weighted by atomic mass is 9.90. The van der Waals surface area contributed by atoms with Crippen LogP contribution in [0.4, 0.5) is 0 Å². The monoisotopic (exact) mass is 320 g/mol. The van der Waals surface area contributed by atoms with E-state index >= 15 is 0 Å². The second kappa shape index (κ2) is 7.70. The summed E-state index contributed by atoms with van der Waals surface area (Å²) in [6.07, 6.45) is 2.86. The number of nitrogens with zero attached hydrogens (tertiary/aromatic N) is 1. The summed E-state index contributed by atoms with van der Waals surface area (Å²) in [7, 11) is 0. The third-order valence-electron chi connectivity index (χ3n) is 3.69. The Morgan fingerprint density at radius 3 is 2.86 bits per heavy atom. The van der Waals surface area contributed by atoms with Crippen LogP contribution in [0.1, 0.15) is 38.1 Å². The van der Waals surface area contributed by atoms with Gasteiger partial charge in [0.25, 0.3) is 0 Å². The van der Waals surface area contributed by atoms with Crippen molar-refractivity contribution in [3.8, 4) is 0 Å². The standard InChI is InChI=1S/C17H24N2O2S/c1-17(2,10-11-20)12-18-15(21)8-5-9-16-19-13-6-3-4-7-14(13)22-16/h3-4,6-7,20H,5,8-12H2,1-2H3,(H,18,21). The lowest BCUT2D eigenvalue weighted by molar-refractivity contribution is -0.121. The van der Waals surface area contributed by atoms with Crippen LogP contribution >= 0.6 is 11.3 Å². The number of carbonyl (C=O) groups is 1. The maximum Gasteiger partial charge on any atom is 0.220 e. The van der Waals surface area contributed by atoms with Crippen LogP contribution in [0.15, 0.2) is 24.3 Å². The van der Waals surface area contributed by atoms with Gasteiger partial charge < -0.3 is 10.4 Å². The fourth-order valence-electron chi connectivity index (χ4n) is 2.24. The highest BCUT2D eigenvalue weighted by atomic mass is 32.1. The van der Waals surface area contributed by atoms with Crippen molar-refractivity contribution in [1.29, 1.82) is 0 Å². The van der Waals surface area contributed by atoms with Crippen molar-refractivity contribution in [2.45, 2.75) is 39.5 Å². The first-order chi connectivity index (χ1) is 10.5. The predicted octanol–water partition coefficient (Wildman–Crippen LogP) is 3.14. The molecule has 0 saturated heterocycles. The second-order valence-electron chi connectivity index (χ2n) is 6.34. The highest BCUT2D eigenvalue weighted by molar-refractivity contribution is 7.18.